The van der Waals surface area contributed by atoms with Crippen molar-refractivity contribution in [3.63, 3.8) is 0 Å². The Bertz CT molecular complexity index is 1750. The highest BCUT2D eigenvalue weighted by atomic mass is 35.5. The summed E-state index contributed by atoms with van der Waals surface area (Å²) in [7, 11) is 1.11. The number of aromatic nitrogens is 5. The number of hydrogen-bond donors (Lipinski definition) is 1. The molecule has 5 rings (SSSR count). The van der Waals surface area contributed by atoms with Crippen molar-refractivity contribution in [1.82, 2.24) is 29.6 Å². The molecule has 0 bridgehead atoms. The van der Waals surface area contributed by atoms with Gasteiger partial charge in [0.2, 0.25) is 0 Å². The van der Waals surface area contributed by atoms with Crippen molar-refractivity contribution in [3.05, 3.63) is 69.6 Å². The zero-order valence-corrected chi connectivity index (χ0v) is 30.5. The van der Waals surface area contributed by atoms with E-state index in [4.69, 9.17) is 42.3 Å². The first-order valence-corrected chi connectivity index (χ1v) is 19.0. The molecule has 1 amide bonds. The van der Waals surface area contributed by atoms with Crippen molar-refractivity contribution in [2.45, 2.75) is 65.0 Å². The average molecular weight is 699 g/mol. The van der Waals surface area contributed by atoms with Crippen molar-refractivity contribution in [1.29, 1.82) is 0 Å². The van der Waals surface area contributed by atoms with Crippen molar-refractivity contribution < 1.29 is 19.1 Å². The molecule has 0 saturated carbocycles. The highest BCUT2D eigenvalue weighted by molar-refractivity contribution is 6.74. The summed E-state index contributed by atoms with van der Waals surface area (Å²) in [5.41, 5.74) is 4.88. The molecule has 47 heavy (non-hydrogen) atoms. The van der Waals surface area contributed by atoms with Gasteiger partial charge in [0.05, 0.1) is 46.8 Å². The largest absolute Gasteiger partial charge is 0.491 e. The lowest BCUT2D eigenvalue weighted by atomic mass is 10.1. The molecule has 14 heteroatoms. The van der Waals surface area contributed by atoms with Crippen molar-refractivity contribution in [3.8, 4) is 28.5 Å². The molecule has 1 N–H and O–H groups in total. The second kappa shape index (κ2) is 13.4. The number of aryl methyl sites for hydroxylation is 1. The monoisotopic (exact) mass is 697 g/mol. The molecule has 1 aliphatic rings. The van der Waals surface area contributed by atoms with Gasteiger partial charge < -0.3 is 24.1 Å². The highest BCUT2D eigenvalue weighted by Gasteiger charge is 2.40. The number of nitrogens with zero attached hydrogens (tertiary/aromatic N) is 7. The van der Waals surface area contributed by atoms with Crippen LogP contribution in [0, 0.1) is 6.92 Å². The minimum absolute atomic E-state index is 0.0672. The van der Waals surface area contributed by atoms with Crippen LogP contribution in [-0.4, -0.2) is 75.5 Å². The van der Waals surface area contributed by atoms with E-state index in [1.54, 1.807) is 35.3 Å². The normalized spacial score (nSPS) is 13.9. The molecule has 0 spiro atoms. The topological polar surface area (TPSA) is 119 Å². The fraction of sp³-hybridized carbons (Fsp3) is 0.424. The van der Waals surface area contributed by atoms with Gasteiger partial charge in [0.25, 0.3) is 0 Å². The number of fused-ring (bicyclic) bond motifs is 1. The number of rotatable bonds is 10. The Morgan fingerprint density at radius 3 is 2.53 bits per heavy atom. The zero-order valence-electron chi connectivity index (χ0n) is 28.0. The molecule has 4 aromatic rings. The number of hydrogen-bond acceptors (Lipinski definition) is 8. The van der Waals surface area contributed by atoms with E-state index in [0.29, 0.717) is 51.7 Å². The Labute approximate surface area is 286 Å². The van der Waals surface area contributed by atoms with Crippen LogP contribution < -0.4 is 9.64 Å². The number of pyridine rings is 1. The van der Waals surface area contributed by atoms with Gasteiger partial charge in [-0.2, -0.15) is 5.10 Å². The second-order valence-corrected chi connectivity index (χ2v) is 19.0. The van der Waals surface area contributed by atoms with Crippen LogP contribution in [0.5, 0.6) is 5.75 Å². The van der Waals surface area contributed by atoms with Crippen molar-refractivity contribution in [2.24, 2.45) is 7.05 Å². The molecule has 0 saturated heterocycles. The number of amides is 1. The second-order valence-electron chi connectivity index (χ2n) is 13.4. The molecule has 0 aliphatic carbocycles. The predicted octanol–water partition coefficient (Wildman–Crippen LogP) is 7.45. The van der Waals surface area contributed by atoms with E-state index in [1.165, 1.54) is 11.9 Å². The van der Waals surface area contributed by atoms with Crippen molar-refractivity contribution >= 4 is 43.4 Å². The summed E-state index contributed by atoms with van der Waals surface area (Å²) in [6, 6.07) is 9.33. The van der Waals surface area contributed by atoms with E-state index >= 15 is 0 Å². The third-order valence-corrected chi connectivity index (χ3v) is 14.1. The minimum Gasteiger partial charge on any atom is -0.491 e. The fourth-order valence-corrected chi connectivity index (χ4v) is 7.03. The summed E-state index contributed by atoms with van der Waals surface area (Å²) >= 11 is 13.4. The third-order valence-electron chi connectivity index (χ3n) is 8.91. The van der Waals surface area contributed by atoms with E-state index in [0.717, 1.165) is 22.6 Å². The summed E-state index contributed by atoms with van der Waals surface area (Å²) in [6.07, 6.45) is 1.88. The van der Waals surface area contributed by atoms with Crippen LogP contribution in [0.15, 0.2) is 42.7 Å². The van der Waals surface area contributed by atoms with Gasteiger partial charge >= 0.3 is 6.09 Å². The first kappa shape index (κ1) is 34.6. The molecule has 250 valence electrons. The molecule has 4 heterocycles. The number of benzene rings is 1. The Balaban J connectivity index is 1.51. The highest BCUT2D eigenvalue weighted by Crippen LogP contribution is 2.40. The van der Waals surface area contributed by atoms with Crippen LogP contribution in [0.2, 0.25) is 28.2 Å². The Kier molecular flexibility index (Phi) is 9.88. The first-order valence-electron chi connectivity index (χ1n) is 15.3. The van der Waals surface area contributed by atoms with Crippen LogP contribution in [0.1, 0.15) is 37.6 Å². The van der Waals surface area contributed by atoms with Gasteiger partial charge in [-0.05, 0) is 54.9 Å². The van der Waals surface area contributed by atoms with Crippen LogP contribution in [-0.2, 0) is 24.6 Å². The standard InChI is InChI=1S/C33H41Cl2N7O4Si/c1-20-28(29-26(35)15-37-41(29)6)38-30(39-31(20)42-16-21-10-9-13-36-27(21)18-42)24-14-22(11-12-25(24)34)45-19-23(17-40(5)32(43)44)46-47(7,8)33(2,3)4/h9-15,23H,16-19H2,1-8H3,(H,43,44)/t23-/m1/s1. The van der Waals surface area contributed by atoms with E-state index in [1.807, 2.05) is 20.0 Å². The van der Waals surface area contributed by atoms with Crippen LogP contribution in [0.3, 0.4) is 0 Å². The van der Waals surface area contributed by atoms with Gasteiger partial charge in [-0.25, -0.2) is 14.8 Å². The maximum atomic E-state index is 11.7. The van der Waals surface area contributed by atoms with Crippen molar-refractivity contribution in [2.75, 3.05) is 25.1 Å². The maximum Gasteiger partial charge on any atom is 0.407 e. The summed E-state index contributed by atoms with van der Waals surface area (Å²) < 4.78 is 14.6. The zero-order chi connectivity index (χ0) is 34.3. The molecule has 0 unspecified atom stereocenters. The number of anilines is 1. The summed E-state index contributed by atoms with van der Waals surface area (Å²) in [6.45, 7) is 14.2. The van der Waals surface area contributed by atoms with E-state index in [2.05, 4.69) is 54.9 Å². The fourth-order valence-electron chi connectivity index (χ4n) is 5.25. The summed E-state index contributed by atoms with van der Waals surface area (Å²) in [5, 5.41) is 14.8. The SMILES string of the molecule is Cc1c(-c2c(Cl)cnn2C)nc(-c2cc(OC[C@@H](CN(C)C(=O)O)O[Si](C)(C)C(C)(C)C)ccc2Cl)nc1N1Cc2cccnc2C1. The lowest BCUT2D eigenvalue weighted by Crippen LogP contribution is -2.49. The Morgan fingerprint density at radius 2 is 1.89 bits per heavy atom. The number of ether oxygens (including phenoxy) is 1. The lowest BCUT2D eigenvalue weighted by molar-refractivity contribution is 0.0794. The summed E-state index contributed by atoms with van der Waals surface area (Å²) in [5.74, 6) is 1.66. The van der Waals surface area contributed by atoms with Gasteiger partial charge in [-0.15, -0.1) is 0 Å². The number of carbonyl (C=O) groups is 1. The van der Waals surface area contributed by atoms with Gasteiger partial charge in [0.1, 0.15) is 23.9 Å². The number of likely N-dealkylation sites (N-methyl/N-ethyl adjacent to an activating group) is 1. The smallest absolute Gasteiger partial charge is 0.407 e. The molecule has 1 aromatic carbocycles. The van der Waals surface area contributed by atoms with Gasteiger partial charge in [-0.1, -0.05) is 50.0 Å². The lowest BCUT2D eigenvalue weighted by Gasteiger charge is -2.39. The number of halogens is 2. The van der Waals surface area contributed by atoms with Gasteiger partial charge in [-0.3, -0.25) is 9.67 Å². The molecule has 11 nitrogen and oxygen atoms in total. The molecule has 0 radical (unpaired) electrons. The molecule has 0 fully saturated rings. The molecular formula is C33H41Cl2N7O4Si. The Hall–Kier alpha value is -3.71. The minimum atomic E-state index is -2.24. The van der Waals surface area contributed by atoms with Crippen LogP contribution in [0.25, 0.3) is 22.8 Å². The van der Waals surface area contributed by atoms with Crippen LogP contribution >= 0.6 is 23.2 Å². The van der Waals surface area contributed by atoms with E-state index < -0.39 is 20.5 Å². The van der Waals surface area contributed by atoms with E-state index in [-0.39, 0.29) is 18.2 Å². The Morgan fingerprint density at radius 1 is 1.15 bits per heavy atom. The van der Waals surface area contributed by atoms with Gasteiger partial charge in [0, 0.05) is 38.0 Å². The molecule has 1 aliphatic heterocycles. The van der Waals surface area contributed by atoms with E-state index in [9.17, 15) is 9.90 Å². The maximum absolute atomic E-state index is 11.7. The quantitative estimate of drug-likeness (QED) is 0.169. The molecular weight excluding hydrogens is 657 g/mol. The summed E-state index contributed by atoms with van der Waals surface area (Å²) in [4.78, 5) is 29.7. The van der Waals surface area contributed by atoms with Crippen LogP contribution in [0.4, 0.5) is 10.6 Å². The third kappa shape index (κ3) is 7.40. The van der Waals surface area contributed by atoms with Gasteiger partial charge in [0.15, 0.2) is 14.1 Å². The molecule has 1 atom stereocenters. The number of carboxylic acid groups (broad SMARTS) is 1. The first-order chi connectivity index (χ1) is 22.1. The predicted molar refractivity (Wildman–Crippen MR) is 187 cm³/mol. The average Bonchev–Trinajstić information content (AvgIpc) is 3.58. The molecule has 3 aromatic heterocycles.